The van der Waals surface area contributed by atoms with Crippen molar-refractivity contribution >= 4 is 29.0 Å². The van der Waals surface area contributed by atoms with Gasteiger partial charge in [0.2, 0.25) is 5.28 Å². The van der Waals surface area contributed by atoms with E-state index in [1.54, 1.807) is 16.8 Å². The van der Waals surface area contributed by atoms with Gasteiger partial charge in [0.25, 0.3) is 5.91 Å². The average molecular weight is 269 g/mol. The number of rotatable bonds is 1. The fraction of sp³-hybridized carbons (Fsp3) is 0.545. The number of aliphatic hydroxyl groups is 1. The number of anilines is 2. The minimum absolute atomic E-state index is 0.0978. The van der Waals surface area contributed by atoms with Crippen molar-refractivity contribution in [2.24, 2.45) is 0 Å². The molecule has 0 saturated carbocycles. The van der Waals surface area contributed by atoms with Crippen molar-refractivity contribution in [3.63, 3.8) is 0 Å². The average Bonchev–Trinajstić information content (AvgIpc) is 2.36. The first-order chi connectivity index (χ1) is 8.63. The Kier molecular flexibility index (Phi) is 2.64. The molecule has 0 aliphatic carbocycles. The fourth-order valence-corrected chi connectivity index (χ4v) is 2.77. The number of amides is 1. The summed E-state index contributed by atoms with van der Waals surface area (Å²) in [5.74, 6) is 0.530. The molecule has 3 heterocycles. The molecule has 1 atom stereocenters. The lowest BCUT2D eigenvalue weighted by Crippen LogP contribution is -2.55. The highest BCUT2D eigenvalue weighted by Gasteiger charge is 2.40. The van der Waals surface area contributed by atoms with E-state index in [4.69, 9.17) is 11.6 Å². The maximum atomic E-state index is 12.3. The van der Waals surface area contributed by atoms with E-state index in [0.29, 0.717) is 12.4 Å². The van der Waals surface area contributed by atoms with E-state index in [1.165, 1.54) is 0 Å². The fourth-order valence-electron chi connectivity index (χ4n) is 2.59. The van der Waals surface area contributed by atoms with Crippen LogP contribution in [0.4, 0.5) is 11.5 Å². The summed E-state index contributed by atoms with van der Waals surface area (Å²) >= 11 is 5.91. The molecule has 1 N–H and O–H groups in total. The lowest BCUT2D eigenvalue weighted by atomic mass is 10.0. The van der Waals surface area contributed by atoms with Crippen molar-refractivity contribution in [2.45, 2.75) is 18.9 Å². The zero-order valence-electron chi connectivity index (χ0n) is 9.93. The van der Waals surface area contributed by atoms with Crippen molar-refractivity contribution in [2.75, 3.05) is 30.0 Å². The number of carbonyl (C=O) groups is 1. The van der Waals surface area contributed by atoms with Gasteiger partial charge in [-0.15, -0.1) is 0 Å². The highest BCUT2D eigenvalue weighted by atomic mass is 35.5. The quantitative estimate of drug-likeness (QED) is 0.738. The molecular formula is C11H13ClN4O2. The van der Waals surface area contributed by atoms with Gasteiger partial charge in [-0.2, -0.15) is 4.98 Å². The van der Waals surface area contributed by atoms with Gasteiger partial charge in [-0.3, -0.25) is 4.79 Å². The number of aromatic nitrogens is 2. The highest BCUT2D eigenvalue weighted by Crippen LogP contribution is 2.39. The first kappa shape index (κ1) is 11.7. The van der Waals surface area contributed by atoms with Gasteiger partial charge in [-0.25, -0.2) is 4.98 Å². The third-order valence-electron chi connectivity index (χ3n) is 3.50. The number of hydrogen-bond donors (Lipinski definition) is 1. The van der Waals surface area contributed by atoms with Gasteiger partial charge in [0.1, 0.15) is 11.7 Å². The van der Waals surface area contributed by atoms with E-state index < -0.39 is 6.04 Å². The van der Waals surface area contributed by atoms with Gasteiger partial charge in [0.05, 0.1) is 12.3 Å². The highest BCUT2D eigenvalue weighted by molar-refractivity contribution is 6.28. The summed E-state index contributed by atoms with van der Waals surface area (Å²) in [6.45, 7) is 0.413. The topological polar surface area (TPSA) is 69.6 Å². The molecule has 6 nitrogen and oxygen atoms in total. The van der Waals surface area contributed by atoms with Crippen LogP contribution < -0.4 is 9.80 Å². The number of likely N-dealkylation sites (N-methyl/N-ethyl adjacent to an activating group) is 1. The molecule has 1 aromatic heterocycles. The third kappa shape index (κ3) is 1.49. The van der Waals surface area contributed by atoms with Crippen LogP contribution >= 0.6 is 11.6 Å². The van der Waals surface area contributed by atoms with Crippen LogP contribution in [0.1, 0.15) is 12.1 Å². The standard InChI is InChI=1S/C11H13ClN4O2/c1-15-7(5-17)10(18)16-4-2-3-6-8(16)9(15)14-11(12)13-6/h7,17H,2-5H2,1H3/t7-/m0/s1. The first-order valence-electron chi connectivity index (χ1n) is 5.85. The number of aliphatic hydroxyl groups excluding tert-OH is 1. The van der Waals surface area contributed by atoms with Crippen molar-refractivity contribution < 1.29 is 9.90 Å². The molecule has 1 amide bonds. The minimum Gasteiger partial charge on any atom is -0.394 e. The summed E-state index contributed by atoms with van der Waals surface area (Å²) in [7, 11) is 1.74. The number of nitrogens with zero attached hydrogens (tertiary/aromatic N) is 4. The van der Waals surface area contributed by atoms with Crippen molar-refractivity contribution in [3.05, 3.63) is 11.0 Å². The first-order valence-corrected chi connectivity index (χ1v) is 6.22. The molecule has 2 aliphatic heterocycles. The van der Waals surface area contributed by atoms with Crippen LogP contribution in [0.5, 0.6) is 0 Å². The van der Waals surface area contributed by atoms with Crippen molar-refractivity contribution in [1.82, 2.24) is 9.97 Å². The number of aryl methyl sites for hydroxylation is 1. The molecule has 2 aliphatic rings. The molecule has 0 fully saturated rings. The monoisotopic (exact) mass is 268 g/mol. The van der Waals surface area contributed by atoms with Crippen LogP contribution in [0.2, 0.25) is 5.28 Å². The Morgan fingerprint density at radius 3 is 3.00 bits per heavy atom. The van der Waals surface area contributed by atoms with E-state index in [0.717, 1.165) is 24.2 Å². The summed E-state index contributed by atoms with van der Waals surface area (Å²) < 4.78 is 0. The largest absolute Gasteiger partial charge is 0.394 e. The Balaban J connectivity index is 2.22. The maximum Gasteiger partial charge on any atom is 0.252 e. The zero-order valence-corrected chi connectivity index (χ0v) is 10.7. The predicted molar refractivity (Wildman–Crippen MR) is 67.0 cm³/mol. The van der Waals surface area contributed by atoms with E-state index in [2.05, 4.69) is 9.97 Å². The lowest BCUT2D eigenvalue weighted by molar-refractivity contribution is -0.121. The van der Waals surface area contributed by atoms with Crippen LogP contribution in [-0.2, 0) is 11.2 Å². The zero-order chi connectivity index (χ0) is 12.9. The Labute approximate surface area is 109 Å². The van der Waals surface area contributed by atoms with Gasteiger partial charge >= 0.3 is 0 Å². The summed E-state index contributed by atoms with van der Waals surface area (Å²) in [4.78, 5) is 24.0. The molecule has 0 unspecified atom stereocenters. The van der Waals surface area contributed by atoms with Crippen LogP contribution in [-0.4, -0.2) is 47.2 Å². The molecule has 0 aromatic carbocycles. The van der Waals surface area contributed by atoms with Gasteiger partial charge in [0, 0.05) is 13.6 Å². The second-order valence-electron chi connectivity index (χ2n) is 4.51. The summed E-state index contributed by atoms with van der Waals surface area (Å²) in [6, 6.07) is -0.589. The number of carbonyl (C=O) groups excluding carboxylic acids is 1. The number of halogens is 1. The lowest BCUT2D eigenvalue weighted by Gasteiger charge is -2.41. The molecule has 96 valence electrons. The van der Waals surface area contributed by atoms with Gasteiger partial charge in [-0.05, 0) is 24.4 Å². The van der Waals surface area contributed by atoms with E-state index >= 15 is 0 Å². The van der Waals surface area contributed by atoms with Crippen LogP contribution in [0, 0.1) is 0 Å². The Morgan fingerprint density at radius 2 is 2.28 bits per heavy atom. The molecule has 7 heteroatoms. The normalized spacial score (nSPS) is 22.2. The molecular weight excluding hydrogens is 256 g/mol. The summed E-state index contributed by atoms with van der Waals surface area (Å²) in [5.41, 5.74) is 1.57. The second-order valence-corrected chi connectivity index (χ2v) is 4.85. The van der Waals surface area contributed by atoms with Crippen LogP contribution in [0.3, 0.4) is 0 Å². The predicted octanol–water partition coefficient (Wildman–Crippen LogP) is 0.220. The van der Waals surface area contributed by atoms with E-state index in [9.17, 15) is 9.90 Å². The molecule has 0 radical (unpaired) electrons. The van der Waals surface area contributed by atoms with Crippen molar-refractivity contribution in [1.29, 1.82) is 0 Å². The minimum atomic E-state index is -0.589. The smallest absolute Gasteiger partial charge is 0.252 e. The Hall–Kier alpha value is -1.40. The molecule has 3 rings (SSSR count). The third-order valence-corrected chi connectivity index (χ3v) is 3.67. The molecule has 0 saturated heterocycles. The Morgan fingerprint density at radius 1 is 1.50 bits per heavy atom. The molecule has 0 bridgehead atoms. The summed E-state index contributed by atoms with van der Waals surface area (Å²) in [6.07, 6.45) is 1.65. The molecule has 1 aromatic rings. The van der Waals surface area contributed by atoms with E-state index in [-0.39, 0.29) is 17.8 Å². The van der Waals surface area contributed by atoms with Gasteiger partial charge < -0.3 is 14.9 Å². The van der Waals surface area contributed by atoms with E-state index in [1.807, 2.05) is 0 Å². The van der Waals surface area contributed by atoms with Gasteiger partial charge in [0.15, 0.2) is 5.82 Å². The molecule has 0 spiro atoms. The van der Waals surface area contributed by atoms with Crippen molar-refractivity contribution in [3.8, 4) is 0 Å². The summed E-state index contributed by atoms with van der Waals surface area (Å²) in [5, 5.41) is 9.55. The maximum absolute atomic E-state index is 12.3. The number of hydrogen-bond acceptors (Lipinski definition) is 5. The van der Waals surface area contributed by atoms with Crippen LogP contribution in [0.15, 0.2) is 0 Å². The Bertz CT molecular complexity index is 522. The van der Waals surface area contributed by atoms with Crippen LogP contribution in [0.25, 0.3) is 0 Å². The molecule has 18 heavy (non-hydrogen) atoms. The SMILES string of the molecule is CN1c2nc(Cl)nc3c2N(CCC3)C(=O)[C@@H]1CO. The second kappa shape index (κ2) is 4.07. The van der Waals surface area contributed by atoms with Gasteiger partial charge in [-0.1, -0.05) is 0 Å².